The highest BCUT2D eigenvalue weighted by Gasteiger charge is 2.35. The number of halogens is 4. The molecule has 0 aromatic heterocycles. The van der Waals surface area contributed by atoms with Crippen molar-refractivity contribution in [1.82, 2.24) is 10.6 Å². The van der Waals surface area contributed by atoms with E-state index in [-0.39, 0.29) is 5.11 Å². The molecule has 0 fully saturated rings. The van der Waals surface area contributed by atoms with Crippen LogP contribution < -0.4 is 20.7 Å². The third-order valence-corrected chi connectivity index (χ3v) is 5.19. The molecule has 0 saturated heterocycles. The first-order valence-corrected chi connectivity index (χ1v) is 10.7. The Morgan fingerprint density at radius 3 is 2.24 bits per heavy atom. The molecule has 0 spiro atoms. The number of hydrogen-bond donors (Lipinski definition) is 3. The molecule has 0 radical (unpaired) electrons. The molecule has 2 rings (SSSR count). The van der Waals surface area contributed by atoms with Crippen LogP contribution in [0.15, 0.2) is 48.5 Å². The van der Waals surface area contributed by atoms with E-state index in [4.69, 9.17) is 51.8 Å². The molecule has 0 saturated carbocycles. The average molecular weight is 587 g/mol. The highest BCUT2D eigenvalue weighted by Crippen LogP contribution is 2.29. The van der Waals surface area contributed by atoms with Crippen LogP contribution in [-0.4, -0.2) is 26.9 Å². The molecule has 0 aliphatic heterocycles. The quantitative estimate of drug-likeness (QED) is 0.119. The molecule has 6 nitrogen and oxygen atoms in total. The predicted octanol–water partition coefficient (Wildman–Crippen LogP) is 4.63. The van der Waals surface area contributed by atoms with Gasteiger partial charge >= 0.3 is 5.97 Å². The first-order valence-electron chi connectivity index (χ1n) is 8.04. The van der Waals surface area contributed by atoms with E-state index in [1.165, 1.54) is 6.92 Å². The molecule has 0 heterocycles. The molecule has 11 heteroatoms. The Morgan fingerprint density at radius 2 is 1.69 bits per heavy atom. The van der Waals surface area contributed by atoms with Crippen molar-refractivity contribution in [2.45, 2.75) is 16.9 Å². The summed E-state index contributed by atoms with van der Waals surface area (Å²) < 4.78 is 3.84. The molecular weight excluding hydrogens is 572 g/mol. The number of ether oxygens (including phenoxy) is 1. The lowest BCUT2D eigenvalue weighted by molar-refractivity contribution is -0.131. The van der Waals surface area contributed by atoms with E-state index in [9.17, 15) is 9.59 Å². The van der Waals surface area contributed by atoms with Crippen molar-refractivity contribution in [2.75, 3.05) is 5.32 Å². The summed E-state index contributed by atoms with van der Waals surface area (Å²) in [6.07, 6.45) is -1.10. The Morgan fingerprint density at radius 1 is 1.07 bits per heavy atom. The summed E-state index contributed by atoms with van der Waals surface area (Å²) in [7, 11) is 0. The average Bonchev–Trinajstić information content (AvgIpc) is 2.62. The van der Waals surface area contributed by atoms with Crippen LogP contribution in [0, 0.1) is 3.57 Å². The molecule has 154 valence electrons. The van der Waals surface area contributed by atoms with Gasteiger partial charge in [-0.15, -0.1) is 0 Å². The molecule has 3 N–H and O–H groups in total. The summed E-state index contributed by atoms with van der Waals surface area (Å²) in [4.78, 5) is 23.5. The minimum atomic E-state index is -1.87. The van der Waals surface area contributed by atoms with Crippen molar-refractivity contribution in [2.24, 2.45) is 0 Å². The number of rotatable bonds is 5. The van der Waals surface area contributed by atoms with Gasteiger partial charge in [0.1, 0.15) is 11.9 Å². The van der Waals surface area contributed by atoms with E-state index in [0.717, 1.165) is 3.57 Å². The standard InChI is InChI=1S/C18H15Cl3IN3O3S/c1-10(26)28-12-8-6-11(7-9-12)23-17(29)25-16(18(19,20)21)24-15(27)13-4-2-3-5-14(13)22/h2-9,16H,1H3,(H,24,27)(H2,23,25,29)/t16-/m1/s1. The summed E-state index contributed by atoms with van der Waals surface area (Å²) in [5.41, 5.74) is 1.04. The third kappa shape index (κ3) is 7.78. The lowest BCUT2D eigenvalue weighted by Gasteiger charge is -2.28. The van der Waals surface area contributed by atoms with Crippen LogP contribution in [-0.2, 0) is 4.79 Å². The van der Waals surface area contributed by atoms with Gasteiger partial charge in [-0.2, -0.15) is 0 Å². The summed E-state index contributed by atoms with van der Waals surface area (Å²) in [6.45, 7) is 1.31. The normalized spacial score (nSPS) is 11.9. The van der Waals surface area contributed by atoms with Crippen molar-refractivity contribution in [3.05, 3.63) is 57.7 Å². The maximum atomic E-state index is 12.6. The summed E-state index contributed by atoms with van der Waals surface area (Å²) in [6, 6.07) is 13.5. The molecule has 1 amide bonds. The monoisotopic (exact) mass is 585 g/mol. The van der Waals surface area contributed by atoms with Gasteiger partial charge in [0.2, 0.25) is 3.79 Å². The Labute approximate surface area is 201 Å². The molecule has 2 aromatic rings. The summed E-state index contributed by atoms with van der Waals surface area (Å²) >= 11 is 25.3. The number of benzene rings is 2. The van der Waals surface area contributed by atoms with Gasteiger partial charge in [-0.25, -0.2) is 0 Å². The van der Waals surface area contributed by atoms with Gasteiger partial charge in [0, 0.05) is 16.2 Å². The molecule has 2 aromatic carbocycles. The second kappa shape index (κ2) is 10.6. The molecule has 0 unspecified atom stereocenters. The number of alkyl halides is 3. The fourth-order valence-corrected chi connectivity index (χ4v) is 3.32. The van der Waals surface area contributed by atoms with E-state index < -0.39 is 21.8 Å². The second-order valence-electron chi connectivity index (χ2n) is 5.64. The SMILES string of the molecule is CC(=O)Oc1ccc(NC(=S)N[C@@H](NC(=O)c2ccccc2I)C(Cl)(Cl)Cl)cc1. The van der Waals surface area contributed by atoms with Gasteiger partial charge in [-0.1, -0.05) is 46.9 Å². The summed E-state index contributed by atoms with van der Waals surface area (Å²) in [5, 5.41) is 8.42. The fraction of sp³-hybridized carbons (Fsp3) is 0.167. The van der Waals surface area contributed by atoms with Crippen molar-refractivity contribution in [3.8, 4) is 5.75 Å². The number of hydrogen-bond acceptors (Lipinski definition) is 4. The number of carbonyl (C=O) groups is 2. The zero-order chi connectivity index (χ0) is 21.6. The molecular formula is C18H15Cl3IN3O3S. The fourth-order valence-electron chi connectivity index (χ4n) is 2.12. The Hall–Kier alpha value is -1.33. The number of carbonyl (C=O) groups excluding carboxylic acids is 2. The predicted molar refractivity (Wildman–Crippen MR) is 128 cm³/mol. The Bertz CT molecular complexity index is 907. The Kier molecular flexibility index (Phi) is 8.77. The van der Waals surface area contributed by atoms with Crippen LogP contribution in [0.5, 0.6) is 5.75 Å². The van der Waals surface area contributed by atoms with Gasteiger partial charge in [0.15, 0.2) is 5.11 Å². The zero-order valence-electron chi connectivity index (χ0n) is 14.8. The number of anilines is 1. The first kappa shape index (κ1) is 23.9. The van der Waals surface area contributed by atoms with Crippen molar-refractivity contribution in [1.29, 1.82) is 0 Å². The summed E-state index contributed by atoms with van der Waals surface area (Å²) in [5.74, 6) is -0.449. The zero-order valence-corrected chi connectivity index (χ0v) is 20.1. The molecule has 0 aliphatic rings. The van der Waals surface area contributed by atoms with Crippen LogP contribution in [0.1, 0.15) is 17.3 Å². The van der Waals surface area contributed by atoms with Gasteiger partial charge in [-0.05, 0) is 71.2 Å². The molecule has 1 atom stereocenters. The van der Waals surface area contributed by atoms with Crippen molar-refractivity contribution < 1.29 is 14.3 Å². The van der Waals surface area contributed by atoms with E-state index in [1.807, 2.05) is 28.7 Å². The van der Waals surface area contributed by atoms with Gasteiger partial charge in [-0.3, -0.25) is 9.59 Å². The highest BCUT2D eigenvalue weighted by molar-refractivity contribution is 14.1. The van der Waals surface area contributed by atoms with E-state index >= 15 is 0 Å². The number of thiocarbonyl (C=S) groups is 1. The van der Waals surface area contributed by atoms with Gasteiger partial charge in [0.25, 0.3) is 5.91 Å². The van der Waals surface area contributed by atoms with Gasteiger partial charge in [0.05, 0.1) is 5.56 Å². The lowest BCUT2D eigenvalue weighted by Crippen LogP contribution is -2.56. The van der Waals surface area contributed by atoms with Crippen LogP contribution in [0.25, 0.3) is 0 Å². The third-order valence-electron chi connectivity index (χ3n) is 3.37. The van der Waals surface area contributed by atoms with E-state index in [0.29, 0.717) is 17.0 Å². The number of amides is 1. The van der Waals surface area contributed by atoms with Gasteiger partial charge < -0.3 is 20.7 Å². The van der Waals surface area contributed by atoms with E-state index in [2.05, 4.69) is 16.0 Å². The smallest absolute Gasteiger partial charge is 0.308 e. The largest absolute Gasteiger partial charge is 0.427 e. The molecule has 0 aliphatic carbocycles. The number of nitrogens with one attached hydrogen (secondary N) is 3. The van der Waals surface area contributed by atoms with Crippen LogP contribution in [0.4, 0.5) is 5.69 Å². The van der Waals surface area contributed by atoms with Crippen LogP contribution in [0.2, 0.25) is 0 Å². The minimum Gasteiger partial charge on any atom is -0.427 e. The van der Waals surface area contributed by atoms with Crippen molar-refractivity contribution >= 4 is 92.3 Å². The minimum absolute atomic E-state index is 0.115. The second-order valence-corrected chi connectivity index (χ2v) is 9.58. The first-order chi connectivity index (χ1) is 13.6. The lowest BCUT2D eigenvalue weighted by atomic mass is 10.2. The molecule has 29 heavy (non-hydrogen) atoms. The highest BCUT2D eigenvalue weighted by atomic mass is 127. The van der Waals surface area contributed by atoms with Crippen LogP contribution in [0.3, 0.4) is 0 Å². The maximum Gasteiger partial charge on any atom is 0.308 e. The Balaban J connectivity index is 2.04. The molecule has 0 bridgehead atoms. The van der Waals surface area contributed by atoms with E-state index in [1.54, 1.807) is 42.5 Å². The van der Waals surface area contributed by atoms with Crippen LogP contribution >= 0.6 is 69.6 Å². The number of esters is 1. The van der Waals surface area contributed by atoms with Crippen molar-refractivity contribution in [3.63, 3.8) is 0 Å². The topological polar surface area (TPSA) is 79.5 Å². The maximum absolute atomic E-state index is 12.6.